The van der Waals surface area contributed by atoms with E-state index in [1.807, 2.05) is 0 Å². The van der Waals surface area contributed by atoms with Gasteiger partial charge >= 0.3 is 18.0 Å². The summed E-state index contributed by atoms with van der Waals surface area (Å²) in [5.41, 5.74) is 0. The molecule has 9 heteroatoms. The third-order valence-electron chi connectivity index (χ3n) is 1.32. The molecule has 0 fully saturated rings. The Kier molecular flexibility index (Phi) is 3.73. The molecule has 0 saturated heterocycles. The molecule has 0 heterocycles. The maximum absolute atomic E-state index is 12.2. The minimum atomic E-state index is -6.34. The van der Waals surface area contributed by atoms with Crippen LogP contribution in [0.2, 0.25) is 0 Å². The van der Waals surface area contributed by atoms with E-state index in [0.29, 0.717) is 0 Å². The summed E-state index contributed by atoms with van der Waals surface area (Å²) in [4.78, 5) is 3.00. The first kappa shape index (κ1) is 13.4. The van der Waals surface area contributed by atoms with Gasteiger partial charge < -0.3 is 0 Å². The Bertz CT molecular complexity index is 187. The largest absolute Gasteiger partial charge is 0.459 e. The zero-order valence-corrected chi connectivity index (χ0v) is 6.42. The second-order valence-corrected chi connectivity index (χ2v) is 2.36. The monoisotopic (exact) mass is 230 g/mol. The highest BCUT2D eigenvalue weighted by molar-refractivity contribution is 4.90. The predicted molar refractivity (Wildman–Crippen MR) is 29.1 cm³/mol. The highest BCUT2D eigenvalue weighted by atomic mass is 19.4. The maximum atomic E-state index is 12.2. The van der Waals surface area contributed by atoms with Crippen LogP contribution in [0.4, 0.5) is 30.7 Å². The topological polar surface area (TPSA) is 29.5 Å². The summed E-state index contributed by atoms with van der Waals surface area (Å²) >= 11 is 0. The summed E-state index contributed by atoms with van der Waals surface area (Å²) in [6, 6.07) is 0. The van der Waals surface area contributed by atoms with Crippen molar-refractivity contribution < 1.29 is 40.9 Å². The van der Waals surface area contributed by atoms with Crippen LogP contribution in [0.3, 0.4) is 0 Å². The first-order chi connectivity index (χ1) is 6.06. The zero-order chi connectivity index (χ0) is 11.6. The number of hydrogen-bond acceptors (Lipinski definition) is 2. The van der Waals surface area contributed by atoms with Crippen molar-refractivity contribution in [2.24, 2.45) is 0 Å². The highest BCUT2D eigenvalue weighted by Crippen LogP contribution is 2.47. The van der Waals surface area contributed by atoms with Gasteiger partial charge in [-0.1, -0.05) is 0 Å². The molecule has 0 atom stereocenters. The van der Waals surface area contributed by atoms with E-state index in [9.17, 15) is 30.7 Å². The molecular formula is C5H5F7O2. The van der Waals surface area contributed by atoms with Crippen molar-refractivity contribution >= 4 is 0 Å². The Hall–Kier alpha value is -0.570. The first-order valence-electron chi connectivity index (χ1n) is 3.15. The van der Waals surface area contributed by atoms with E-state index in [1.165, 1.54) is 0 Å². The number of alkyl halides is 7. The smallest absolute Gasteiger partial charge is 0.252 e. The lowest BCUT2D eigenvalue weighted by molar-refractivity contribution is -0.361. The van der Waals surface area contributed by atoms with E-state index in [4.69, 9.17) is 5.26 Å². The van der Waals surface area contributed by atoms with Crippen LogP contribution in [0.25, 0.3) is 0 Å². The quantitative estimate of drug-likeness (QED) is 0.457. The van der Waals surface area contributed by atoms with E-state index in [1.54, 1.807) is 0 Å². The number of halogens is 7. The normalized spacial score (nSPS) is 14.6. The fourth-order valence-electron chi connectivity index (χ4n) is 0.538. The summed E-state index contributed by atoms with van der Waals surface area (Å²) in [6.07, 6.45) is -8.28. The van der Waals surface area contributed by atoms with Gasteiger partial charge in [0.25, 0.3) is 0 Å². The lowest BCUT2D eigenvalue weighted by Crippen LogP contribution is -2.52. The molecule has 0 spiro atoms. The molecule has 86 valence electrons. The molecule has 0 bridgehead atoms. The van der Waals surface area contributed by atoms with Crippen LogP contribution in [0.1, 0.15) is 6.42 Å². The first-order valence-corrected chi connectivity index (χ1v) is 3.15. The minimum Gasteiger partial charge on any atom is -0.252 e. The van der Waals surface area contributed by atoms with Gasteiger partial charge in [0.2, 0.25) is 0 Å². The van der Waals surface area contributed by atoms with Crippen molar-refractivity contribution in [1.82, 2.24) is 0 Å². The molecule has 0 amide bonds. The predicted octanol–water partition coefficient (Wildman–Crippen LogP) is 2.70. The molecular weight excluding hydrogens is 225 g/mol. The second-order valence-electron chi connectivity index (χ2n) is 2.36. The van der Waals surface area contributed by atoms with Crippen LogP contribution < -0.4 is 0 Å². The fourth-order valence-corrected chi connectivity index (χ4v) is 0.538. The molecule has 0 aliphatic carbocycles. The number of rotatable bonds is 4. The minimum absolute atomic E-state index is 1.32. The average Bonchev–Trinajstić information content (AvgIpc) is 1.98. The van der Waals surface area contributed by atoms with Crippen molar-refractivity contribution in [3.63, 3.8) is 0 Å². The van der Waals surface area contributed by atoms with Gasteiger partial charge in [-0.15, -0.1) is 0 Å². The van der Waals surface area contributed by atoms with Crippen molar-refractivity contribution in [2.75, 3.05) is 6.61 Å². The summed E-state index contributed by atoms with van der Waals surface area (Å²) in [6.45, 7) is -1.32. The lowest BCUT2D eigenvalue weighted by Gasteiger charge is -2.27. The molecule has 0 saturated carbocycles. The van der Waals surface area contributed by atoms with Crippen molar-refractivity contribution in [3.8, 4) is 0 Å². The molecule has 0 aliphatic rings. The van der Waals surface area contributed by atoms with Crippen molar-refractivity contribution in [2.45, 2.75) is 24.4 Å². The lowest BCUT2D eigenvalue weighted by atomic mass is 10.1. The third kappa shape index (κ3) is 2.47. The molecule has 0 aromatic heterocycles. The van der Waals surface area contributed by atoms with E-state index < -0.39 is 31.0 Å². The molecule has 0 aromatic carbocycles. The van der Waals surface area contributed by atoms with E-state index in [0.717, 1.165) is 0 Å². The van der Waals surface area contributed by atoms with Crippen molar-refractivity contribution in [1.29, 1.82) is 0 Å². The Morgan fingerprint density at radius 3 is 1.64 bits per heavy atom. The van der Waals surface area contributed by atoms with Crippen LogP contribution in [0.15, 0.2) is 0 Å². The highest BCUT2D eigenvalue weighted by Gasteiger charge is 2.72. The van der Waals surface area contributed by atoms with Gasteiger partial charge in [0.1, 0.15) is 0 Å². The van der Waals surface area contributed by atoms with Crippen LogP contribution in [-0.2, 0) is 4.89 Å². The molecule has 1 N–H and O–H groups in total. The summed E-state index contributed by atoms with van der Waals surface area (Å²) in [5, 5.41) is 7.54. The Morgan fingerprint density at radius 2 is 1.36 bits per heavy atom. The van der Waals surface area contributed by atoms with Crippen LogP contribution in [-0.4, -0.2) is 29.9 Å². The van der Waals surface area contributed by atoms with Gasteiger partial charge in [-0.25, -0.2) is 4.89 Å². The summed E-state index contributed by atoms with van der Waals surface area (Å²) in [5.74, 6) is -11.5. The molecule has 0 rings (SSSR count). The molecule has 0 aromatic rings. The molecule has 14 heavy (non-hydrogen) atoms. The van der Waals surface area contributed by atoms with Crippen LogP contribution in [0, 0.1) is 0 Å². The fraction of sp³-hybridized carbons (Fsp3) is 1.00. The number of hydrogen-bond donors (Lipinski definition) is 1. The van der Waals surface area contributed by atoms with E-state index in [2.05, 4.69) is 4.89 Å². The SMILES string of the molecule is OOCCC(F)(F)C(F)(F)C(F)(F)F. The van der Waals surface area contributed by atoms with E-state index >= 15 is 0 Å². The van der Waals surface area contributed by atoms with Gasteiger partial charge in [0.05, 0.1) is 6.61 Å². The average molecular weight is 230 g/mol. The maximum Gasteiger partial charge on any atom is 0.459 e. The summed E-state index contributed by atoms with van der Waals surface area (Å²) in [7, 11) is 0. The standard InChI is InChI=1S/C5H5F7O2/c6-3(7,1-2-14-13)4(8,9)5(10,11)12/h13H,1-2H2. The Labute approximate surface area is 73.2 Å². The van der Waals surface area contributed by atoms with Crippen molar-refractivity contribution in [3.05, 3.63) is 0 Å². The second kappa shape index (κ2) is 3.89. The van der Waals surface area contributed by atoms with Crippen LogP contribution >= 0.6 is 0 Å². The molecule has 0 radical (unpaired) electrons. The molecule has 2 nitrogen and oxygen atoms in total. The van der Waals surface area contributed by atoms with Gasteiger partial charge in [-0.05, 0) is 0 Å². The Balaban J connectivity index is 4.69. The van der Waals surface area contributed by atoms with E-state index in [-0.39, 0.29) is 0 Å². The Morgan fingerprint density at radius 1 is 0.929 bits per heavy atom. The summed E-state index contributed by atoms with van der Waals surface area (Å²) < 4.78 is 82.8. The van der Waals surface area contributed by atoms with Crippen LogP contribution in [0.5, 0.6) is 0 Å². The molecule has 0 unspecified atom stereocenters. The van der Waals surface area contributed by atoms with Gasteiger partial charge in [-0.3, -0.25) is 5.26 Å². The van der Waals surface area contributed by atoms with Gasteiger partial charge in [0, 0.05) is 6.42 Å². The zero-order valence-electron chi connectivity index (χ0n) is 6.42. The van der Waals surface area contributed by atoms with Gasteiger partial charge in [0.15, 0.2) is 0 Å². The molecule has 0 aliphatic heterocycles. The van der Waals surface area contributed by atoms with Gasteiger partial charge in [-0.2, -0.15) is 30.7 Å². The third-order valence-corrected chi connectivity index (χ3v) is 1.32.